The lowest BCUT2D eigenvalue weighted by atomic mass is 10.2. The number of hydrogen-bond donors (Lipinski definition) is 3. The van der Waals surface area contributed by atoms with E-state index >= 15 is 0 Å². The number of hydrogen-bond acceptors (Lipinski definition) is 4. The van der Waals surface area contributed by atoms with Crippen molar-refractivity contribution < 1.29 is 14.3 Å². The SMILES string of the molecule is CCCNC(=O)[C@@H](C)NC(=S)NCc1ccc2c(c1)OCO2. The Morgan fingerprint density at radius 1 is 1.32 bits per heavy atom. The van der Waals surface area contributed by atoms with E-state index in [0.29, 0.717) is 18.2 Å². The molecule has 0 saturated carbocycles. The Kier molecular flexibility index (Phi) is 5.83. The summed E-state index contributed by atoms with van der Waals surface area (Å²) >= 11 is 5.20. The van der Waals surface area contributed by atoms with Gasteiger partial charge < -0.3 is 25.4 Å². The van der Waals surface area contributed by atoms with Crippen LogP contribution in [0.4, 0.5) is 0 Å². The van der Waals surface area contributed by atoms with Gasteiger partial charge in [0.15, 0.2) is 16.6 Å². The summed E-state index contributed by atoms with van der Waals surface area (Å²) < 4.78 is 10.6. The van der Waals surface area contributed by atoms with Gasteiger partial charge in [0, 0.05) is 13.1 Å². The van der Waals surface area contributed by atoms with Crippen molar-refractivity contribution in [1.29, 1.82) is 0 Å². The summed E-state index contributed by atoms with van der Waals surface area (Å²) in [5.41, 5.74) is 1.02. The van der Waals surface area contributed by atoms with E-state index in [1.54, 1.807) is 6.92 Å². The predicted molar refractivity (Wildman–Crippen MR) is 87.9 cm³/mol. The van der Waals surface area contributed by atoms with E-state index < -0.39 is 0 Å². The molecule has 0 unspecified atom stereocenters. The van der Waals surface area contributed by atoms with Crippen molar-refractivity contribution in [3.8, 4) is 11.5 Å². The van der Waals surface area contributed by atoms with Gasteiger partial charge in [0.1, 0.15) is 6.04 Å². The molecule has 1 aliphatic rings. The van der Waals surface area contributed by atoms with E-state index in [4.69, 9.17) is 21.7 Å². The molecule has 1 atom stereocenters. The Balaban J connectivity index is 1.76. The molecule has 0 saturated heterocycles. The van der Waals surface area contributed by atoms with Gasteiger partial charge in [0.05, 0.1) is 0 Å². The molecule has 120 valence electrons. The van der Waals surface area contributed by atoms with Gasteiger partial charge in [0.25, 0.3) is 0 Å². The Bertz CT molecular complexity index is 551. The highest BCUT2D eigenvalue weighted by molar-refractivity contribution is 7.80. The molecule has 1 aliphatic heterocycles. The van der Waals surface area contributed by atoms with E-state index in [2.05, 4.69) is 16.0 Å². The van der Waals surface area contributed by atoms with Crippen LogP contribution < -0.4 is 25.4 Å². The van der Waals surface area contributed by atoms with Crippen LogP contribution in [0.2, 0.25) is 0 Å². The number of carbonyl (C=O) groups excluding carboxylic acids is 1. The van der Waals surface area contributed by atoms with E-state index in [9.17, 15) is 4.79 Å². The van der Waals surface area contributed by atoms with Gasteiger partial charge >= 0.3 is 0 Å². The summed E-state index contributed by atoms with van der Waals surface area (Å²) in [6, 6.07) is 5.36. The summed E-state index contributed by atoms with van der Waals surface area (Å²) in [5, 5.41) is 9.30. The van der Waals surface area contributed by atoms with E-state index in [-0.39, 0.29) is 18.7 Å². The van der Waals surface area contributed by atoms with Crippen molar-refractivity contribution in [1.82, 2.24) is 16.0 Å². The quantitative estimate of drug-likeness (QED) is 0.686. The normalized spacial score (nSPS) is 13.4. The zero-order valence-corrected chi connectivity index (χ0v) is 13.6. The molecule has 0 aliphatic carbocycles. The molecule has 0 bridgehead atoms. The molecule has 0 fully saturated rings. The summed E-state index contributed by atoms with van der Waals surface area (Å²) in [4.78, 5) is 11.7. The number of rotatable bonds is 6. The molecule has 1 heterocycles. The standard InChI is InChI=1S/C15H21N3O3S/c1-3-6-16-14(19)10(2)18-15(22)17-8-11-4-5-12-13(7-11)21-9-20-12/h4-5,7,10H,3,6,8-9H2,1-2H3,(H,16,19)(H2,17,18,22)/t10-/m1/s1. The van der Waals surface area contributed by atoms with Crippen LogP contribution in [0.25, 0.3) is 0 Å². The lowest BCUT2D eigenvalue weighted by Crippen LogP contribution is -2.48. The smallest absolute Gasteiger partial charge is 0.242 e. The van der Waals surface area contributed by atoms with Gasteiger partial charge in [-0.3, -0.25) is 4.79 Å². The Labute approximate surface area is 135 Å². The fraction of sp³-hybridized carbons (Fsp3) is 0.467. The fourth-order valence-corrected chi connectivity index (χ4v) is 2.20. The van der Waals surface area contributed by atoms with Crippen LogP contribution in [0.5, 0.6) is 11.5 Å². The second-order valence-corrected chi connectivity index (χ2v) is 5.44. The molecular weight excluding hydrogens is 302 g/mol. The van der Waals surface area contributed by atoms with Crippen LogP contribution in [0.15, 0.2) is 18.2 Å². The largest absolute Gasteiger partial charge is 0.454 e. The first-order valence-corrected chi connectivity index (χ1v) is 7.71. The molecule has 0 aromatic heterocycles. The van der Waals surface area contributed by atoms with Crippen molar-refractivity contribution in [3.63, 3.8) is 0 Å². The second kappa shape index (κ2) is 7.84. The van der Waals surface area contributed by atoms with Crippen LogP contribution in [-0.2, 0) is 11.3 Å². The molecule has 7 heteroatoms. The maximum Gasteiger partial charge on any atom is 0.242 e. The molecule has 1 amide bonds. The van der Waals surface area contributed by atoms with Crippen LogP contribution in [-0.4, -0.2) is 30.4 Å². The van der Waals surface area contributed by atoms with E-state index in [1.807, 2.05) is 25.1 Å². The van der Waals surface area contributed by atoms with Crippen LogP contribution in [0.3, 0.4) is 0 Å². The van der Waals surface area contributed by atoms with Gasteiger partial charge in [-0.25, -0.2) is 0 Å². The highest BCUT2D eigenvalue weighted by Gasteiger charge is 2.14. The number of nitrogens with one attached hydrogen (secondary N) is 3. The third-order valence-electron chi connectivity index (χ3n) is 3.18. The zero-order chi connectivity index (χ0) is 15.9. The lowest BCUT2D eigenvalue weighted by Gasteiger charge is -2.16. The topological polar surface area (TPSA) is 71.6 Å². The minimum Gasteiger partial charge on any atom is -0.454 e. The van der Waals surface area contributed by atoms with Gasteiger partial charge in [-0.15, -0.1) is 0 Å². The fourth-order valence-electron chi connectivity index (χ4n) is 1.95. The number of fused-ring (bicyclic) bond motifs is 1. The highest BCUT2D eigenvalue weighted by Crippen LogP contribution is 2.32. The Hall–Kier alpha value is -2.02. The zero-order valence-electron chi connectivity index (χ0n) is 12.8. The maximum atomic E-state index is 11.7. The van der Waals surface area contributed by atoms with Crippen molar-refractivity contribution in [3.05, 3.63) is 23.8 Å². The molecule has 22 heavy (non-hydrogen) atoms. The van der Waals surface area contributed by atoms with Gasteiger partial charge in [0.2, 0.25) is 12.7 Å². The summed E-state index contributed by atoms with van der Waals surface area (Å²) in [6.45, 7) is 5.26. The summed E-state index contributed by atoms with van der Waals surface area (Å²) in [6.07, 6.45) is 0.908. The number of carbonyl (C=O) groups is 1. The highest BCUT2D eigenvalue weighted by atomic mass is 32.1. The Morgan fingerprint density at radius 2 is 2.09 bits per heavy atom. The van der Waals surface area contributed by atoms with Gasteiger partial charge in [-0.05, 0) is 43.3 Å². The number of benzene rings is 1. The minimum atomic E-state index is -0.372. The van der Waals surface area contributed by atoms with Crippen molar-refractivity contribution >= 4 is 23.2 Å². The maximum absolute atomic E-state index is 11.7. The number of amides is 1. The first-order chi connectivity index (χ1) is 10.6. The van der Waals surface area contributed by atoms with Crippen molar-refractivity contribution in [2.24, 2.45) is 0 Å². The molecular formula is C15H21N3O3S. The first-order valence-electron chi connectivity index (χ1n) is 7.30. The predicted octanol–water partition coefficient (Wildman–Crippen LogP) is 1.29. The second-order valence-electron chi connectivity index (χ2n) is 5.03. The van der Waals surface area contributed by atoms with E-state index in [1.165, 1.54) is 0 Å². The summed E-state index contributed by atoms with van der Waals surface area (Å²) in [5.74, 6) is 1.44. The van der Waals surface area contributed by atoms with Crippen LogP contribution >= 0.6 is 12.2 Å². The molecule has 2 rings (SSSR count). The molecule has 0 spiro atoms. The van der Waals surface area contributed by atoms with Crippen LogP contribution in [0, 0.1) is 0 Å². The van der Waals surface area contributed by atoms with Crippen LogP contribution in [0.1, 0.15) is 25.8 Å². The van der Waals surface area contributed by atoms with Crippen molar-refractivity contribution in [2.75, 3.05) is 13.3 Å². The average molecular weight is 323 g/mol. The van der Waals surface area contributed by atoms with E-state index in [0.717, 1.165) is 23.5 Å². The van der Waals surface area contributed by atoms with Gasteiger partial charge in [-0.1, -0.05) is 13.0 Å². The van der Waals surface area contributed by atoms with Gasteiger partial charge in [-0.2, -0.15) is 0 Å². The number of ether oxygens (including phenoxy) is 2. The third-order valence-corrected chi connectivity index (χ3v) is 3.44. The summed E-state index contributed by atoms with van der Waals surface area (Å²) in [7, 11) is 0. The average Bonchev–Trinajstić information content (AvgIpc) is 2.98. The molecule has 1 aromatic carbocycles. The number of thiocarbonyl (C=S) groups is 1. The molecule has 0 radical (unpaired) electrons. The first kappa shape index (κ1) is 16.4. The molecule has 6 nitrogen and oxygen atoms in total. The lowest BCUT2D eigenvalue weighted by molar-refractivity contribution is -0.122. The molecule has 3 N–H and O–H groups in total. The minimum absolute atomic E-state index is 0.0610. The Morgan fingerprint density at radius 3 is 2.86 bits per heavy atom. The molecule has 1 aromatic rings. The monoisotopic (exact) mass is 323 g/mol. The third kappa shape index (κ3) is 4.49. The van der Waals surface area contributed by atoms with Crippen molar-refractivity contribution in [2.45, 2.75) is 32.9 Å².